The maximum atomic E-state index is 12.7. The van der Waals surface area contributed by atoms with Crippen LogP contribution >= 0.6 is 0 Å². The molecular weight excluding hydrogens is 299 g/mol. The fraction of sp³-hybridized carbons (Fsp3) is 0.600. The van der Waals surface area contributed by atoms with E-state index in [9.17, 15) is 17.4 Å². The van der Waals surface area contributed by atoms with Crippen LogP contribution in [0.4, 0.5) is 18.9 Å². The van der Waals surface area contributed by atoms with E-state index >= 15 is 0 Å². The van der Waals surface area contributed by atoms with Crippen LogP contribution in [0.5, 0.6) is 0 Å². The van der Waals surface area contributed by atoms with Crippen molar-refractivity contribution < 1.29 is 17.4 Å². The highest BCUT2D eigenvalue weighted by Gasteiger charge is 2.33. The minimum Gasteiger partial charge on any atom is -0.398 e. The molecule has 2 rings (SSSR count). The van der Waals surface area contributed by atoms with E-state index in [1.165, 1.54) is 6.07 Å². The highest BCUT2D eigenvalue weighted by atomic mass is 32.2. The lowest BCUT2D eigenvalue weighted by Crippen LogP contribution is -2.29. The number of rotatable bonds is 3. The summed E-state index contributed by atoms with van der Waals surface area (Å²) in [6, 6.07) is 3.12. The van der Waals surface area contributed by atoms with Crippen LogP contribution in [0.1, 0.15) is 44.6 Å². The van der Waals surface area contributed by atoms with Gasteiger partial charge in [0.2, 0.25) is 0 Å². The fourth-order valence-electron chi connectivity index (χ4n) is 2.99. The van der Waals surface area contributed by atoms with Crippen LogP contribution in [0.15, 0.2) is 23.1 Å². The minimum atomic E-state index is -4.43. The van der Waals surface area contributed by atoms with Crippen LogP contribution in [-0.4, -0.2) is 9.46 Å². The minimum absolute atomic E-state index is 0.00258. The Kier molecular flexibility index (Phi) is 4.96. The lowest BCUT2D eigenvalue weighted by molar-refractivity contribution is -0.137. The summed E-state index contributed by atoms with van der Waals surface area (Å²) in [5, 5.41) is 0.00258. The Balaban J connectivity index is 2.27. The van der Waals surface area contributed by atoms with Gasteiger partial charge in [-0.05, 0) is 37.0 Å². The number of halogens is 3. The van der Waals surface area contributed by atoms with E-state index in [0.29, 0.717) is 10.8 Å². The first-order valence-electron chi connectivity index (χ1n) is 7.22. The third kappa shape index (κ3) is 3.59. The molecule has 3 unspecified atom stereocenters. The lowest BCUT2D eigenvalue weighted by atomic mass is 9.87. The first-order valence-corrected chi connectivity index (χ1v) is 8.43. The van der Waals surface area contributed by atoms with Crippen LogP contribution in [0, 0.1) is 5.92 Å². The van der Waals surface area contributed by atoms with Gasteiger partial charge in [0.1, 0.15) is 0 Å². The van der Waals surface area contributed by atoms with Crippen molar-refractivity contribution in [2.75, 3.05) is 5.73 Å². The molecular formula is C15H20F3NOS. The van der Waals surface area contributed by atoms with Crippen LogP contribution < -0.4 is 5.73 Å². The average molecular weight is 319 g/mol. The molecule has 21 heavy (non-hydrogen) atoms. The molecule has 1 aliphatic carbocycles. The number of anilines is 1. The number of hydrogen-bond acceptors (Lipinski definition) is 2. The van der Waals surface area contributed by atoms with Gasteiger partial charge in [-0.3, -0.25) is 4.21 Å². The van der Waals surface area contributed by atoms with Crippen molar-refractivity contribution in [2.24, 2.45) is 5.92 Å². The molecule has 118 valence electrons. The van der Waals surface area contributed by atoms with Gasteiger partial charge in [0.25, 0.3) is 0 Å². The Morgan fingerprint density at radius 3 is 2.52 bits per heavy atom. The van der Waals surface area contributed by atoms with Gasteiger partial charge in [-0.1, -0.05) is 26.2 Å². The summed E-state index contributed by atoms with van der Waals surface area (Å²) in [5.74, 6) is 0.362. The third-order valence-electron chi connectivity index (χ3n) is 4.19. The SMILES string of the molecule is CCC1CCCCC1S(=O)c1ccc(C(F)(F)F)cc1N. The molecule has 6 heteroatoms. The standard InChI is InChI=1S/C15H20F3NOS/c1-2-10-5-3-4-6-13(10)21(20)14-8-7-11(9-12(14)19)15(16,17)18/h7-10,13H,2-6,19H2,1H3. The first kappa shape index (κ1) is 16.3. The molecule has 1 fully saturated rings. The zero-order valence-corrected chi connectivity index (χ0v) is 12.8. The van der Waals surface area contributed by atoms with E-state index in [-0.39, 0.29) is 10.9 Å². The second-order valence-electron chi connectivity index (χ2n) is 5.54. The van der Waals surface area contributed by atoms with Crippen LogP contribution in [0.3, 0.4) is 0 Å². The molecule has 0 heterocycles. The van der Waals surface area contributed by atoms with Gasteiger partial charge in [-0.15, -0.1) is 0 Å². The monoisotopic (exact) mass is 319 g/mol. The summed E-state index contributed by atoms with van der Waals surface area (Å²) in [4.78, 5) is 0.341. The highest BCUT2D eigenvalue weighted by Crippen LogP contribution is 2.36. The Morgan fingerprint density at radius 1 is 1.29 bits per heavy atom. The predicted molar refractivity (Wildman–Crippen MR) is 78.3 cm³/mol. The predicted octanol–water partition coefficient (Wildman–Crippen LogP) is 4.36. The molecule has 0 bridgehead atoms. The molecule has 1 saturated carbocycles. The van der Waals surface area contributed by atoms with E-state index in [1.54, 1.807) is 0 Å². The zero-order chi connectivity index (χ0) is 15.6. The molecule has 0 radical (unpaired) electrons. The maximum absolute atomic E-state index is 12.7. The zero-order valence-electron chi connectivity index (χ0n) is 12.0. The largest absolute Gasteiger partial charge is 0.416 e. The van der Waals surface area contributed by atoms with Crippen molar-refractivity contribution in [2.45, 2.75) is 55.3 Å². The molecule has 0 saturated heterocycles. The smallest absolute Gasteiger partial charge is 0.398 e. The Labute approximate surface area is 125 Å². The molecule has 0 amide bonds. The van der Waals surface area contributed by atoms with Crippen LogP contribution in [-0.2, 0) is 17.0 Å². The molecule has 1 aliphatic rings. The van der Waals surface area contributed by atoms with E-state index in [2.05, 4.69) is 6.92 Å². The van der Waals surface area contributed by atoms with E-state index in [1.807, 2.05) is 0 Å². The summed E-state index contributed by atoms with van der Waals surface area (Å²) < 4.78 is 50.6. The number of nitrogen functional groups attached to an aromatic ring is 1. The van der Waals surface area contributed by atoms with Gasteiger partial charge >= 0.3 is 6.18 Å². The fourth-order valence-corrected chi connectivity index (χ4v) is 4.87. The van der Waals surface area contributed by atoms with Gasteiger partial charge in [0.15, 0.2) is 0 Å². The number of benzene rings is 1. The molecule has 2 N–H and O–H groups in total. The van der Waals surface area contributed by atoms with E-state index in [0.717, 1.165) is 44.2 Å². The van der Waals surface area contributed by atoms with Gasteiger partial charge in [0.05, 0.1) is 21.3 Å². The third-order valence-corrected chi connectivity index (χ3v) is 6.17. The van der Waals surface area contributed by atoms with Gasteiger partial charge in [0, 0.05) is 10.9 Å². The van der Waals surface area contributed by atoms with Gasteiger partial charge in [-0.25, -0.2) is 0 Å². The number of nitrogens with two attached hydrogens (primary N) is 1. The summed E-state index contributed by atoms with van der Waals surface area (Å²) in [5.41, 5.74) is 4.90. The van der Waals surface area contributed by atoms with Crippen molar-refractivity contribution in [3.8, 4) is 0 Å². The average Bonchev–Trinajstić information content (AvgIpc) is 2.45. The lowest BCUT2D eigenvalue weighted by Gasteiger charge is -2.30. The summed E-state index contributed by atoms with van der Waals surface area (Å²) in [6.07, 6.45) is 0.559. The van der Waals surface area contributed by atoms with Crippen LogP contribution in [0.25, 0.3) is 0 Å². The molecule has 0 aromatic heterocycles. The van der Waals surface area contributed by atoms with E-state index < -0.39 is 22.5 Å². The maximum Gasteiger partial charge on any atom is 0.416 e. The van der Waals surface area contributed by atoms with Crippen LogP contribution in [0.2, 0.25) is 0 Å². The number of hydrogen-bond donors (Lipinski definition) is 1. The summed E-state index contributed by atoms with van der Waals surface area (Å²) in [6.45, 7) is 2.07. The second-order valence-corrected chi connectivity index (χ2v) is 7.18. The first-order chi connectivity index (χ1) is 9.84. The molecule has 2 nitrogen and oxygen atoms in total. The quantitative estimate of drug-likeness (QED) is 0.841. The highest BCUT2D eigenvalue weighted by molar-refractivity contribution is 7.85. The van der Waals surface area contributed by atoms with Gasteiger partial charge < -0.3 is 5.73 Å². The summed E-state index contributed by atoms with van der Waals surface area (Å²) >= 11 is 0. The molecule has 1 aromatic carbocycles. The topological polar surface area (TPSA) is 43.1 Å². The van der Waals surface area contributed by atoms with Gasteiger partial charge in [-0.2, -0.15) is 13.2 Å². The van der Waals surface area contributed by atoms with E-state index in [4.69, 9.17) is 5.73 Å². The van der Waals surface area contributed by atoms with Crippen molar-refractivity contribution in [3.05, 3.63) is 23.8 Å². The normalized spacial score (nSPS) is 24.8. The Hall–Kier alpha value is -1.04. The molecule has 0 spiro atoms. The Morgan fingerprint density at radius 2 is 1.95 bits per heavy atom. The molecule has 1 aromatic rings. The van der Waals surface area contributed by atoms with Crippen molar-refractivity contribution in [3.63, 3.8) is 0 Å². The van der Waals surface area contributed by atoms with Crippen molar-refractivity contribution >= 4 is 16.5 Å². The number of alkyl halides is 3. The van der Waals surface area contributed by atoms with Crippen molar-refractivity contribution in [1.82, 2.24) is 0 Å². The summed E-state index contributed by atoms with van der Waals surface area (Å²) in [7, 11) is -1.34. The second kappa shape index (κ2) is 6.38. The molecule has 3 atom stereocenters. The molecule has 0 aliphatic heterocycles. The van der Waals surface area contributed by atoms with Crippen molar-refractivity contribution in [1.29, 1.82) is 0 Å². The Bertz CT molecular complexity index is 530.